The smallest absolute Gasteiger partial charge is 0.314 e. The fourth-order valence-corrected chi connectivity index (χ4v) is 2.41. The Labute approximate surface area is 118 Å². The van der Waals surface area contributed by atoms with E-state index in [9.17, 15) is 14.7 Å². The number of nitrogens with one attached hydrogen (secondary N) is 2. The van der Waals surface area contributed by atoms with Gasteiger partial charge in [0.2, 0.25) is 0 Å². The van der Waals surface area contributed by atoms with E-state index in [0.717, 1.165) is 12.8 Å². The van der Waals surface area contributed by atoms with Crippen molar-refractivity contribution >= 4 is 23.8 Å². The van der Waals surface area contributed by atoms with Crippen molar-refractivity contribution in [2.24, 2.45) is 5.41 Å². The van der Waals surface area contributed by atoms with E-state index in [1.165, 1.54) is 0 Å². The van der Waals surface area contributed by atoms with Crippen molar-refractivity contribution in [2.45, 2.75) is 44.3 Å². The van der Waals surface area contributed by atoms with Crippen LogP contribution < -0.4 is 10.6 Å². The summed E-state index contributed by atoms with van der Waals surface area (Å²) in [5.74, 6) is -0.797. The van der Waals surface area contributed by atoms with Crippen molar-refractivity contribution in [1.29, 1.82) is 0 Å². The highest BCUT2D eigenvalue weighted by Gasteiger charge is 2.41. The SMILES string of the molecule is CSC(C)(C)CNC(=O)NCC1(C(=O)O)CCCC1. The molecule has 1 aliphatic carbocycles. The molecule has 5 nitrogen and oxygen atoms in total. The number of carbonyl (C=O) groups excluding carboxylic acids is 1. The van der Waals surface area contributed by atoms with E-state index in [-0.39, 0.29) is 17.3 Å². The van der Waals surface area contributed by atoms with Crippen molar-refractivity contribution in [3.63, 3.8) is 0 Å². The van der Waals surface area contributed by atoms with Gasteiger partial charge in [-0.05, 0) is 32.9 Å². The first-order valence-electron chi connectivity index (χ1n) is 6.62. The summed E-state index contributed by atoms with van der Waals surface area (Å²) in [6, 6.07) is -0.283. The van der Waals surface area contributed by atoms with Gasteiger partial charge in [-0.15, -0.1) is 0 Å². The van der Waals surface area contributed by atoms with E-state index >= 15 is 0 Å². The lowest BCUT2D eigenvalue weighted by Crippen LogP contribution is -2.47. The molecule has 2 amide bonds. The molecule has 1 aliphatic rings. The highest BCUT2D eigenvalue weighted by molar-refractivity contribution is 7.99. The minimum absolute atomic E-state index is 0.0187. The van der Waals surface area contributed by atoms with Crippen LogP contribution in [0.25, 0.3) is 0 Å². The maximum atomic E-state index is 11.7. The second kappa shape index (κ2) is 6.50. The molecule has 0 heterocycles. The number of thioether (sulfide) groups is 1. The molecule has 0 saturated heterocycles. The summed E-state index contributed by atoms with van der Waals surface area (Å²) in [5.41, 5.74) is -0.758. The van der Waals surface area contributed by atoms with Crippen molar-refractivity contribution in [3.8, 4) is 0 Å². The van der Waals surface area contributed by atoms with Gasteiger partial charge in [-0.3, -0.25) is 4.79 Å². The van der Waals surface area contributed by atoms with Gasteiger partial charge in [0.25, 0.3) is 0 Å². The number of hydrogen-bond donors (Lipinski definition) is 3. The minimum atomic E-state index is -0.797. The lowest BCUT2D eigenvalue weighted by molar-refractivity contribution is -0.148. The highest BCUT2D eigenvalue weighted by atomic mass is 32.2. The summed E-state index contributed by atoms with van der Waals surface area (Å²) in [6.45, 7) is 4.87. The van der Waals surface area contributed by atoms with E-state index in [0.29, 0.717) is 19.4 Å². The van der Waals surface area contributed by atoms with Crippen molar-refractivity contribution in [3.05, 3.63) is 0 Å². The first-order chi connectivity index (χ1) is 8.81. The third-order valence-corrected chi connectivity index (χ3v) is 5.08. The van der Waals surface area contributed by atoms with Gasteiger partial charge in [0.1, 0.15) is 0 Å². The van der Waals surface area contributed by atoms with Crippen LogP contribution in [-0.4, -0.2) is 41.2 Å². The molecule has 0 unspecified atom stereocenters. The Bertz CT molecular complexity index is 339. The van der Waals surface area contributed by atoms with Gasteiger partial charge in [-0.2, -0.15) is 11.8 Å². The molecule has 0 spiro atoms. The quantitative estimate of drug-likeness (QED) is 0.699. The minimum Gasteiger partial charge on any atom is -0.481 e. The molecule has 0 aromatic carbocycles. The number of carbonyl (C=O) groups is 2. The van der Waals surface area contributed by atoms with E-state index < -0.39 is 11.4 Å². The Morgan fingerprint density at radius 1 is 1.26 bits per heavy atom. The molecule has 3 N–H and O–H groups in total. The molecular weight excluding hydrogens is 264 g/mol. The van der Waals surface area contributed by atoms with Gasteiger partial charge in [0.15, 0.2) is 0 Å². The van der Waals surface area contributed by atoms with Crippen LogP contribution >= 0.6 is 11.8 Å². The van der Waals surface area contributed by atoms with Crippen LogP contribution in [0.5, 0.6) is 0 Å². The molecule has 1 rings (SSSR count). The van der Waals surface area contributed by atoms with Gasteiger partial charge >= 0.3 is 12.0 Å². The number of aliphatic carboxylic acids is 1. The molecule has 19 heavy (non-hydrogen) atoms. The predicted octanol–water partition coefficient (Wildman–Crippen LogP) is 2.07. The Morgan fingerprint density at radius 3 is 2.32 bits per heavy atom. The topological polar surface area (TPSA) is 78.4 Å². The fourth-order valence-electron chi connectivity index (χ4n) is 2.20. The number of urea groups is 1. The molecule has 0 aliphatic heterocycles. The molecule has 0 atom stereocenters. The third kappa shape index (κ3) is 4.60. The van der Waals surface area contributed by atoms with Crippen molar-refractivity contribution in [2.75, 3.05) is 19.3 Å². The molecular formula is C13H24N2O3S. The van der Waals surface area contributed by atoms with E-state index in [1.54, 1.807) is 11.8 Å². The normalized spacial score (nSPS) is 18.1. The standard InChI is InChI=1S/C13H24N2O3S/c1-12(2,19-3)8-14-11(18)15-9-13(10(16)17)6-4-5-7-13/h4-9H2,1-3H3,(H,16,17)(H2,14,15,18). The summed E-state index contributed by atoms with van der Waals surface area (Å²) in [5, 5.41) is 14.8. The predicted molar refractivity (Wildman–Crippen MR) is 77.5 cm³/mol. The zero-order chi connectivity index (χ0) is 14.5. The zero-order valence-electron chi connectivity index (χ0n) is 11.9. The number of rotatable bonds is 6. The summed E-state index contributed by atoms with van der Waals surface area (Å²) in [6.07, 6.45) is 5.15. The van der Waals surface area contributed by atoms with Crippen LogP contribution in [0.2, 0.25) is 0 Å². The van der Waals surface area contributed by atoms with Crippen LogP contribution in [-0.2, 0) is 4.79 Å². The maximum Gasteiger partial charge on any atom is 0.314 e. The fraction of sp³-hybridized carbons (Fsp3) is 0.846. The van der Waals surface area contributed by atoms with E-state index in [1.807, 2.05) is 20.1 Å². The summed E-state index contributed by atoms with van der Waals surface area (Å²) >= 11 is 1.68. The summed E-state index contributed by atoms with van der Waals surface area (Å²) in [4.78, 5) is 23.0. The average molecular weight is 288 g/mol. The Morgan fingerprint density at radius 2 is 1.84 bits per heavy atom. The van der Waals surface area contributed by atoms with E-state index in [4.69, 9.17) is 0 Å². The molecule has 0 bridgehead atoms. The van der Waals surface area contributed by atoms with Crippen LogP contribution in [0.4, 0.5) is 4.79 Å². The number of amides is 2. The van der Waals surface area contributed by atoms with E-state index in [2.05, 4.69) is 10.6 Å². The van der Waals surface area contributed by atoms with Crippen LogP contribution in [0, 0.1) is 5.41 Å². The van der Waals surface area contributed by atoms with Gasteiger partial charge in [0.05, 0.1) is 5.41 Å². The first kappa shape index (κ1) is 16.1. The Hall–Kier alpha value is -0.910. The van der Waals surface area contributed by atoms with Crippen LogP contribution in [0.3, 0.4) is 0 Å². The summed E-state index contributed by atoms with van der Waals surface area (Å²) in [7, 11) is 0. The highest BCUT2D eigenvalue weighted by Crippen LogP contribution is 2.37. The van der Waals surface area contributed by atoms with Gasteiger partial charge in [-0.25, -0.2) is 4.79 Å². The van der Waals surface area contributed by atoms with Crippen LogP contribution in [0.1, 0.15) is 39.5 Å². The maximum absolute atomic E-state index is 11.7. The second-order valence-corrected chi connectivity index (χ2v) is 7.31. The monoisotopic (exact) mass is 288 g/mol. The molecule has 0 aromatic heterocycles. The zero-order valence-corrected chi connectivity index (χ0v) is 12.7. The lowest BCUT2D eigenvalue weighted by atomic mass is 9.86. The molecule has 1 fully saturated rings. The third-order valence-electron chi connectivity index (χ3n) is 3.83. The van der Waals surface area contributed by atoms with Crippen molar-refractivity contribution in [1.82, 2.24) is 10.6 Å². The van der Waals surface area contributed by atoms with Gasteiger partial charge in [0, 0.05) is 17.8 Å². The van der Waals surface area contributed by atoms with Crippen LogP contribution in [0.15, 0.2) is 0 Å². The molecule has 0 radical (unpaired) electrons. The number of hydrogen-bond acceptors (Lipinski definition) is 3. The lowest BCUT2D eigenvalue weighted by Gasteiger charge is -2.25. The van der Waals surface area contributed by atoms with Crippen molar-refractivity contribution < 1.29 is 14.7 Å². The van der Waals surface area contributed by atoms with Gasteiger partial charge < -0.3 is 15.7 Å². The summed E-state index contributed by atoms with van der Waals surface area (Å²) < 4.78 is -0.0187. The molecule has 1 saturated carbocycles. The Kier molecular flexibility index (Phi) is 5.52. The number of carboxylic acid groups (broad SMARTS) is 1. The average Bonchev–Trinajstić information content (AvgIpc) is 2.84. The first-order valence-corrected chi connectivity index (χ1v) is 7.84. The Balaban J connectivity index is 2.39. The number of carboxylic acids is 1. The molecule has 0 aromatic rings. The molecule has 110 valence electrons. The second-order valence-electron chi connectivity index (χ2n) is 5.79. The van der Waals surface area contributed by atoms with Gasteiger partial charge in [-0.1, -0.05) is 12.8 Å². The molecule has 6 heteroatoms. The largest absolute Gasteiger partial charge is 0.481 e.